The van der Waals surface area contributed by atoms with E-state index in [1.807, 2.05) is 0 Å². The first-order valence-corrected chi connectivity index (χ1v) is 5.75. The van der Waals surface area contributed by atoms with Crippen LogP contribution < -0.4 is 5.56 Å². The molecule has 3 N–H and O–H groups in total. The van der Waals surface area contributed by atoms with Gasteiger partial charge in [0.05, 0.1) is 0 Å². The van der Waals surface area contributed by atoms with Gasteiger partial charge in [-0.2, -0.15) is 4.98 Å². The highest BCUT2D eigenvalue weighted by Crippen LogP contribution is 2.26. The molecule has 3 rings (SSSR count). The van der Waals surface area contributed by atoms with Crippen molar-refractivity contribution < 1.29 is 9.50 Å². The van der Waals surface area contributed by atoms with Gasteiger partial charge in [-0.15, -0.1) is 0 Å². The Kier molecular flexibility index (Phi) is 2.79. The van der Waals surface area contributed by atoms with Crippen molar-refractivity contribution in [3.8, 4) is 28.7 Å². The number of aromatic hydroxyl groups is 1. The highest BCUT2D eigenvalue weighted by Gasteiger charge is 2.17. The van der Waals surface area contributed by atoms with Gasteiger partial charge in [-0.25, -0.2) is 9.37 Å². The number of halogens is 1. The predicted octanol–water partition coefficient (Wildman–Crippen LogP) is 1.67. The summed E-state index contributed by atoms with van der Waals surface area (Å²) in [6.07, 6.45) is 3.04. The maximum Gasteiger partial charge on any atom is 0.263 e. The Bertz CT molecular complexity index is 811. The van der Waals surface area contributed by atoms with Crippen molar-refractivity contribution >= 4 is 0 Å². The van der Waals surface area contributed by atoms with Crippen molar-refractivity contribution in [2.45, 2.75) is 0 Å². The molecule has 0 aliphatic rings. The normalized spacial score (nSPS) is 10.7. The quantitative estimate of drug-likeness (QED) is 0.661. The van der Waals surface area contributed by atoms with Crippen molar-refractivity contribution in [2.75, 3.05) is 0 Å². The Hall–Kier alpha value is -2.96. The van der Waals surface area contributed by atoms with Gasteiger partial charge in [0.15, 0.2) is 11.6 Å². The molecule has 100 valence electrons. The van der Waals surface area contributed by atoms with Gasteiger partial charge in [-0.05, 0) is 6.07 Å². The topological polar surface area (TPSA) is 94.7 Å². The molecule has 0 spiro atoms. The molecule has 0 radical (unpaired) electrons. The maximum atomic E-state index is 13.7. The fourth-order valence-electron chi connectivity index (χ4n) is 1.87. The molecule has 0 aliphatic heterocycles. The summed E-state index contributed by atoms with van der Waals surface area (Å²) in [5, 5.41) is 9.91. The van der Waals surface area contributed by atoms with E-state index in [9.17, 15) is 14.3 Å². The average Bonchev–Trinajstić information content (AvgIpc) is 2.94. The second kappa shape index (κ2) is 4.61. The number of nitrogens with zero attached hydrogens (tertiary/aromatic N) is 2. The number of aromatic amines is 2. The SMILES string of the molecule is O=c1[nH]c(-c2ncc[nH]2)nc(O)c1-c1ccccc1F. The molecule has 2 heterocycles. The van der Waals surface area contributed by atoms with E-state index in [1.165, 1.54) is 24.4 Å². The van der Waals surface area contributed by atoms with Crippen molar-refractivity contribution in [1.82, 2.24) is 19.9 Å². The van der Waals surface area contributed by atoms with Gasteiger partial charge in [-0.1, -0.05) is 18.2 Å². The van der Waals surface area contributed by atoms with E-state index in [4.69, 9.17) is 0 Å². The molecule has 6 nitrogen and oxygen atoms in total. The van der Waals surface area contributed by atoms with Gasteiger partial charge in [0.1, 0.15) is 11.4 Å². The van der Waals surface area contributed by atoms with Crippen LogP contribution in [-0.4, -0.2) is 25.0 Å². The highest BCUT2D eigenvalue weighted by molar-refractivity contribution is 5.68. The summed E-state index contributed by atoms with van der Waals surface area (Å²) < 4.78 is 13.7. The Morgan fingerprint density at radius 2 is 2.00 bits per heavy atom. The minimum Gasteiger partial charge on any atom is -0.493 e. The van der Waals surface area contributed by atoms with E-state index in [-0.39, 0.29) is 17.0 Å². The monoisotopic (exact) mass is 272 g/mol. The highest BCUT2D eigenvalue weighted by atomic mass is 19.1. The third kappa shape index (κ3) is 1.95. The summed E-state index contributed by atoms with van der Waals surface area (Å²) in [5.74, 6) is -0.777. The van der Waals surface area contributed by atoms with E-state index < -0.39 is 17.3 Å². The molecular weight excluding hydrogens is 263 g/mol. The minimum absolute atomic E-state index is 0.00950. The molecule has 0 fully saturated rings. The first-order valence-electron chi connectivity index (χ1n) is 5.75. The van der Waals surface area contributed by atoms with Gasteiger partial charge in [-0.3, -0.25) is 4.79 Å². The van der Waals surface area contributed by atoms with E-state index in [0.717, 1.165) is 0 Å². The van der Waals surface area contributed by atoms with Crippen LogP contribution in [0.4, 0.5) is 4.39 Å². The first kappa shape index (κ1) is 12.1. The lowest BCUT2D eigenvalue weighted by atomic mass is 10.1. The zero-order valence-electron chi connectivity index (χ0n) is 10.1. The number of hydrogen-bond donors (Lipinski definition) is 3. The van der Waals surface area contributed by atoms with Gasteiger partial charge in [0.25, 0.3) is 5.56 Å². The third-order valence-electron chi connectivity index (χ3n) is 2.77. The lowest BCUT2D eigenvalue weighted by Crippen LogP contribution is -2.13. The lowest BCUT2D eigenvalue weighted by Gasteiger charge is -2.05. The van der Waals surface area contributed by atoms with Crippen LogP contribution in [-0.2, 0) is 0 Å². The molecule has 0 unspecified atom stereocenters. The van der Waals surface area contributed by atoms with Crippen LogP contribution in [0.3, 0.4) is 0 Å². The van der Waals surface area contributed by atoms with Crippen LogP contribution >= 0.6 is 0 Å². The van der Waals surface area contributed by atoms with Crippen molar-refractivity contribution in [3.63, 3.8) is 0 Å². The van der Waals surface area contributed by atoms with Crippen molar-refractivity contribution in [2.24, 2.45) is 0 Å². The van der Waals surface area contributed by atoms with Crippen LogP contribution in [0, 0.1) is 5.82 Å². The summed E-state index contributed by atoms with van der Waals surface area (Å²) in [6.45, 7) is 0. The number of imidazole rings is 1. The minimum atomic E-state index is -0.644. The van der Waals surface area contributed by atoms with E-state index >= 15 is 0 Å². The van der Waals surface area contributed by atoms with E-state index in [0.29, 0.717) is 5.82 Å². The molecular formula is C13H9FN4O2. The Balaban J connectivity index is 2.20. The molecule has 0 saturated carbocycles. The molecule has 1 aromatic carbocycles. The van der Waals surface area contributed by atoms with E-state index in [2.05, 4.69) is 19.9 Å². The Morgan fingerprint density at radius 3 is 2.65 bits per heavy atom. The predicted molar refractivity (Wildman–Crippen MR) is 69.5 cm³/mol. The number of H-pyrrole nitrogens is 2. The molecule has 0 amide bonds. The molecule has 20 heavy (non-hydrogen) atoms. The van der Waals surface area contributed by atoms with E-state index in [1.54, 1.807) is 12.3 Å². The number of rotatable bonds is 2. The van der Waals surface area contributed by atoms with Crippen molar-refractivity contribution in [3.05, 3.63) is 52.8 Å². The number of benzene rings is 1. The second-order valence-electron chi connectivity index (χ2n) is 4.03. The standard InChI is InChI=1S/C13H9FN4O2/c14-8-4-2-1-3-7(8)9-12(19)17-11(18-13(9)20)10-15-5-6-16-10/h1-6H,(H,15,16)(H2,17,18,19,20). The molecule has 3 aromatic rings. The average molecular weight is 272 g/mol. The fourth-order valence-corrected chi connectivity index (χ4v) is 1.87. The van der Waals surface area contributed by atoms with Gasteiger partial charge >= 0.3 is 0 Å². The van der Waals surface area contributed by atoms with Crippen LogP contribution in [0.2, 0.25) is 0 Å². The smallest absolute Gasteiger partial charge is 0.263 e. The lowest BCUT2D eigenvalue weighted by molar-refractivity contribution is 0.453. The van der Waals surface area contributed by atoms with Crippen molar-refractivity contribution in [1.29, 1.82) is 0 Å². The zero-order valence-corrected chi connectivity index (χ0v) is 10.1. The van der Waals surface area contributed by atoms with Crippen LogP contribution in [0.15, 0.2) is 41.5 Å². The number of aromatic nitrogens is 4. The summed E-state index contributed by atoms with van der Waals surface area (Å²) in [6, 6.07) is 5.66. The third-order valence-corrected chi connectivity index (χ3v) is 2.77. The van der Waals surface area contributed by atoms with Gasteiger partial charge in [0.2, 0.25) is 5.88 Å². The largest absolute Gasteiger partial charge is 0.493 e. The molecule has 0 saturated heterocycles. The van der Waals surface area contributed by atoms with Crippen LogP contribution in [0.25, 0.3) is 22.8 Å². The summed E-state index contributed by atoms with van der Waals surface area (Å²) in [7, 11) is 0. The molecule has 0 atom stereocenters. The van der Waals surface area contributed by atoms with Crippen LogP contribution in [0.5, 0.6) is 5.88 Å². The van der Waals surface area contributed by atoms with Crippen LogP contribution in [0.1, 0.15) is 0 Å². The summed E-state index contributed by atoms with van der Waals surface area (Å²) >= 11 is 0. The Labute approximate surface area is 112 Å². The Morgan fingerprint density at radius 1 is 1.20 bits per heavy atom. The number of hydrogen-bond acceptors (Lipinski definition) is 4. The zero-order chi connectivity index (χ0) is 14.1. The first-order chi connectivity index (χ1) is 9.66. The molecule has 0 aliphatic carbocycles. The molecule has 7 heteroatoms. The van der Waals surface area contributed by atoms with Gasteiger partial charge in [0, 0.05) is 18.0 Å². The summed E-state index contributed by atoms with van der Waals surface area (Å²) in [5.41, 5.74) is -0.864. The number of nitrogens with one attached hydrogen (secondary N) is 2. The maximum absolute atomic E-state index is 13.7. The fraction of sp³-hybridized carbons (Fsp3) is 0. The molecule has 2 aromatic heterocycles. The van der Waals surface area contributed by atoms with Gasteiger partial charge < -0.3 is 15.1 Å². The second-order valence-corrected chi connectivity index (χ2v) is 4.03. The summed E-state index contributed by atoms with van der Waals surface area (Å²) in [4.78, 5) is 25.0. The molecule has 0 bridgehead atoms.